The lowest BCUT2D eigenvalue weighted by atomic mass is 9.94. The van der Waals surface area contributed by atoms with Crippen molar-refractivity contribution in [3.63, 3.8) is 0 Å². The Morgan fingerprint density at radius 2 is 1.67 bits per heavy atom. The van der Waals surface area contributed by atoms with Crippen molar-refractivity contribution in [1.29, 1.82) is 0 Å². The van der Waals surface area contributed by atoms with Gasteiger partial charge in [0.15, 0.2) is 11.6 Å². The molecule has 3 aromatic rings. The summed E-state index contributed by atoms with van der Waals surface area (Å²) in [6.45, 7) is 2.00. The van der Waals surface area contributed by atoms with Crippen LogP contribution in [0.4, 0.5) is 20.2 Å². The largest absolute Gasteiger partial charge is 0.481 e. The van der Waals surface area contributed by atoms with Crippen molar-refractivity contribution in [3.8, 4) is 17.7 Å². The highest BCUT2D eigenvalue weighted by atomic mass is 19.1. The van der Waals surface area contributed by atoms with E-state index in [9.17, 15) is 9.59 Å². The van der Waals surface area contributed by atoms with Crippen molar-refractivity contribution in [2.45, 2.75) is 18.9 Å². The maximum Gasteiger partial charge on any atom is 0.249 e. The van der Waals surface area contributed by atoms with Crippen LogP contribution in [0.15, 0.2) is 60.8 Å². The van der Waals surface area contributed by atoms with Gasteiger partial charge in [-0.2, -0.15) is 5.01 Å². The van der Waals surface area contributed by atoms with Crippen LogP contribution in [0.1, 0.15) is 24.5 Å². The average molecular weight is 488 g/mol. The van der Waals surface area contributed by atoms with E-state index >= 15 is 8.78 Å². The lowest BCUT2D eigenvalue weighted by Gasteiger charge is -2.45. The number of ether oxygens (including phenoxy) is 1. The Hall–Kier alpha value is -4.29. The van der Waals surface area contributed by atoms with Crippen molar-refractivity contribution in [2.24, 2.45) is 0 Å². The number of fused-ring (bicyclic) bond motifs is 1. The van der Waals surface area contributed by atoms with Gasteiger partial charge in [0.05, 0.1) is 25.4 Å². The first-order valence-corrected chi connectivity index (χ1v) is 11.3. The quantitative estimate of drug-likeness (QED) is 0.528. The molecule has 2 amide bonds. The monoisotopic (exact) mass is 488 g/mol. The van der Waals surface area contributed by atoms with Crippen LogP contribution in [0.3, 0.4) is 0 Å². The van der Waals surface area contributed by atoms with Gasteiger partial charge in [-0.05, 0) is 37.3 Å². The number of aromatic nitrogens is 1. The zero-order valence-electron chi connectivity index (χ0n) is 19.7. The summed E-state index contributed by atoms with van der Waals surface area (Å²) in [5.74, 6) is 3.23. The molecule has 0 radical (unpaired) electrons. The van der Waals surface area contributed by atoms with Crippen LogP contribution in [0.25, 0.3) is 0 Å². The molecule has 2 aliphatic rings. The summed E-state index contributed by atoms with van der Waals surface area (Å²) in [4.78, 5) is 32.2. The van der Waals surface area contributed by atoms with Crippen LogP contribution < -0.4 is 14.6 Å². The van der Waals surface area contributed by atoms with Gasteiger partial charge in [-0.1, -0.05) is 30.0 Å². The molecule has 0 saturated carbocycles. The topological polar surface area (TPSA) is 66.0 Å². The average Bonchev–Trinajstić information content (AvgIpc) is 3.14. The molecule has 1 unspecified atom stereocenters. The van der Waals surface area contributed by atoms with Crippen molar-refractivity contribution in [1.82, 2.24) is 9.99 Å². The molecule has 182 valence electrons. The van der Waals surface area contributed by atoms with Gasteiger partial charge in [0.1, 0.15) is 11.2 Å². The molecule has 9 heteroatoms. The fourth-order valence-electron chi connectivity index (χ4n) is 4.59. The number of methoxy groups -OCH3 is 1. The number of hydrogen-bond donors (Lipinski definition) is 0. The van der Waals surface area contributed by atoms with Crippen molar-refractivity contribution in [3.05, 3.63) is 83.6 Å². The Kier molecular flexibility index (Phi) is 5.90. The molecule has 0 aliphatic carbocycles. The van der Waals surface area contributed by atoms with Crippen molar-refractivity contribution >= 4 is 23.2 Å². The van der Waals surface area contributed by atoms with Crippen molar-refractivity contribution in [2.75, 3.05) is 30.1 Å². The zero-order valence-corrected chi connectivity index (χ0v) is 19.7. The van der Waals surface area contributed by atoms with Crippen LogP contribution in [0.2, 0.25) is 0 Å². The molecule has 0 N–H and O–H groups in total. The first-order valence-electron chi connectivity index (χ1n) is 11.3. The molecule has 2 saturated heterocycles. The second-order valence-electron chi connectivity index (χ2n) is 8.70. The number of halogens is 2. The molecule has 2 aromatic carbocycles. The lowest BCUT2D eigenvalue weighted by molar-refractivity contribution is -0.131. The van der Waals surface area contributed by atoms with Gasteiger partial charge in [-0.25, -0.2) is 18.8 Å². The number of benzene rings is 2. The summed E-state index contributed by atoms with van der Waals surface area (Å²) in [6, 6.07) is 14.6. The van der Waals surface area contributed by atoms with Gasteiger partial charge in [0.2, 0.25) is 17.7 Å². The fourth-order valence-corrected chi connectivity index (χ4v) is 4.59. The first-order chi connectivity index (χ1) is 17.3. The number of nitrogens with zero attached hydrogens (tertiary/aromatic N) is 4. The Labute approximate surface area is 206 Å². The molecule has 36 heavy (non-hydrogen) atoms. The second kappa shape index (κ2) is 9.06. The molecule has 2 aliphatic heterocycles. The minimum Gasteiger partial charge on any atom is -0.481 e. The molecule has 0 spiro atoms. The summed E-state index contributed by atoms with van der Waals surface area (Å²) >= 11 is 0. The molecule has 7 nitrogen and oxygen atoms in total. The van der Waals surface area contributed by atoms with E-state index in [0.29, 0.717) is 17.1 Å². The third-order valence-corrected chi connectivity index (χ3v) is 6.38. The van der Waals surface area contributed by atoms with Crippen LogP contribution >= 0.6 is 0 Å². The van der Waals surface area contributed by atoms with Gasteiger partial charge in [0, 0.05) is 30.3 Å². The van der Waals surface area contributed by atoms with Gasteiger partial charge < -0.3 is 9.64 Å². The normalized spacial score (nSPS) is 19.7. The second-order valence-corrected chi connectivity index (χ2v) is 8.70. The number of hydrogen-bond acceptors (Lipinski definition) is 5. The highest BCUT2D eigenvalue weighted by Gasteiger charge is 2.57. The smallest absolute Gasteiger partial charge is 0.249 e. The molecular formula is C27H22F2N4O3. The van der Waals surface area contributed by atoms with Gasteiger partial charge in [-0.3, -0.25) is 9.59 Å². The number of piperazine rings is 1. The highest BCUT2D eigenvalue weighted by Crippen LogP contribution is 2.41. The maximum absolute atomic E-state index is 15.2. The van der Waals surface area contributed by atoms with Gasteiger partial charge in [0.25, 0.3) is 0 Å². The van der Waals surface area contributed by atoms with Crippen LogP contribution in [-0.2, 0) is 9.59 Å². The Morgan fingerprint density at radius 3 is 2.31 bits per heavy atom. The van der Waals surface area contributed by atoms with E-state index in [-0.39, 0.29) is 31.0 Å². The Bertz CT molecular complexity index is 1380. The Balaban J connectivity index is 1.44. The first kappa shape index (κ1) is 23.5. The minimum absolute atomic E-state index is 0.139. The number of carbonyl (C=O) groups excluding carboxylic acids is 2. The fraction of sp³-hybridized carbons (Fsp3) is 0.222. The summed E-state index contributed by atoms with van der Waals surface area (Å²) in [7, 11) is 1.49. The van der Waals surface area contributed by atoms with Gasteiger partial charge in [-0.15, -0.1) is 0 Å². The standard InChI is InChI=1S/C27H22F2N4O3/c1-27-16-24(34)33(32(27)13-12-31(26(27)35)20-10-11-23(36-2)30-17-20)25-21(28)14-19(15-22(25)29)9-8-18-6-4-3-5-7-18/h3-7,10-11,14-15,17H,12-13,16H2,1-2H3. The third-order valence-electron chi connectivity index (χ3n) is 6.38. The Morgan fingerprint density at radius 1 is 0.972 bits per heavy atom. The van der Waals surface area contributed by atoms with E-state index in [1.165, 1.54) is 23.2 Å². The number of hydrazine groups is 1. The SMILES string of the molecule is COc1ccc(N2CCN3N(c4c(F)cc(C#Cc5ccccc5)cc4F)C(=O)CC3(C)C2=O)cn1. The van der Waals surface area contributed by atoms with E-state index < -0.39 is 28.8 Å². The molecule has 5 rings (SSSR count). The highest BCUT2D eigenvalue weighted by molar-refractivity contribution is 6.08. The third kappa shape index (κ3) is 3.95. The summed E-state index contributed by atoms with van der Waals surface area (Å²) in [5, 5.41) is 2.41. The summed E-state index contributed by atoms with van der Waals surface area (Å²) < 4.78 is 35.5. The molecule has 2 fully saturated rings. The molecule has 0 bridgehead atoms. The van der Waals surface area contributed by atoms with E-state index in [1.807, 2.05) is 18.2 Å². The van der Waals surface area contributed by atoms with Crippen LogP contribution in [-0.4, -0.2) is 47.5 Å². The van der Waals surface area contributed by atoms with Crippen molar-refractivity contribution < 1.29 is 23.1 Å². The van der Waals surface area contributed by atoms with E-state index in [1.54, 1.807) is 31.2 Å². The lowest BCUT2D eigenvalue weighted by Crippen LogP contribution is -2.65. The number of anilines is 2. The molecule has 3 heterocycles. The van der Waals surface area contributed by atoms with Gasteiger partial charge >= 0.3 is 0 Å². The molecular weight excluding hydrogens is 466 g/mol. The van der Waals surface area contributed by atoms with E-state index in [4.69, 9.17) is 4.74 Å². The van der Waals surface area contributed by atoms with Crippen LogP contribution in [0.5, 0.6) is 5.88 Å². The summed E-state index contributed by atoms with van der Waals surface area (Å²) in [6.07, 6.45) is 1.29. The summed E-state index contributed by atoms with van der Waals surface area (Å²) in [5.41, 5.74) is -0.427. The minimum atomic E-state index is -1.31. The van der Waals surface area contributed by atoms with E-state index in [0.717, 1.165) is 17.1 Å². The van der Waals surface area contributed by atoms with E-state index in [2.05, 4.69) is 16.8 Å². The maximum atomic E-state index is 15.2. The molecule has 1 aromatic heterocycles. The predicted octanol–water partition coefficient (Wildman–Crippen LogP) is 3.53. The zero-order chi connectivity index (χ0) is 25.4. The number of rotatable bonds is 3. The number of carbonyl (C=O) groups is 2. The number of pyridine rings is 1. The van der Waals surface area contributed by atoms with Crippen LogP contribution in [0, 0.1) is 23.5 Å². The number of amides is 2. The predicted molar refractivity (Wildman–Crippen MR) is 129 cm³/mol. The molecule has 1 atom stereocenters.